The highest BCUT2D eigenvalue weighted by molar-refractivity contribution is 5.16. The largest absolute Gasteiger partial charge is 0.433 e. The molecule has 4 heteroatoms. The van der Waals surface area contributed by atoms with Crippen LogP contribution in [0, 0.1) is 17.0 Å². The Kier molecular flexibility index (Phi) is 9.60. The highest BCUT2D eigenvalue weighted by atomic mass is 16.6. The van der Waals surface area contributed by atoms with Crippen LogP contribution >= 0.6 is 0 Å². The zero-order valence-electron chi connectivity index (χ0n) is 8.83. The Bertz CT molecular complexity index is 231. The molecule has 0 aliphatic heterocycles. The van der Waals surface area contributed by atoms with Crippen LogP contribution in [0.25, 0.3) is 0 Å². The van der Waals surface area contributed by atoms with Crippen LogP contribution in [0.1, 0.15) is 33.5 Å². The first-order valence-electron chi connectivity index (χ1n) is 4.41. The van der Waals surface area contributed by atoms with Crippen molar-refractivity contribution in [2.24, 2.45) is 0 Å². The Morgan fingerprint density at radius 1 is 1.23 bits per heavy atom. The third-order valence-corrected chi connectivity index (χ3v) is 0.906. The van der Waals surface area contributed by atoms with E-state index in [1.165, 1.54) is 6.07 Å². The van der Waals surface area contributed by atoms with Crippen molar-refractivity contribution in [3.8, 4) is 0 Å². The smallest absolute Gasteiger partial charge is 0.406 e. The zero-order chi connectivity index (χ0) is 10.9. The molecule has 0 saturated heterocycles. The topological polar surface area (TPSA) is 56.3 Å². The Morgan fingerprint density at radius 2 is 1.69 bits per heavy atom. The summed E-state index contributed by atoms with van der Waals surface area (Å²) in [6.45, 7) is 9.66. The first-order chi connectivity index (χ1) is 6.20. The fraction of sp³-hybridized carbons (Fsp3) is 0.556. The average Bonchev–Trinajstić information content (AvgIpc) is 2.59. The minimum absolute atomic E-state index is 0.201. The number of nitro groups is 1. The third-order valence-electron chi connectivity index (χ3n) is 0.906. The number of aryl methyl sites for hydroxylation is 1. The van der Waals surface area contributed by atoms with E-state index in [4.69, 9.17) is 0 Å². The van der Waals surface area contributed by atoms with E-state index < -0.39 is 4.92 Å². The molecule has 1 aromatic rings. The van der Waals surface area contributed by atoms with Crippen LogP contribution in [-0.2, 0) is 0 Å². The van der Waals surface area contributed by atoms with Crippen LogP contribution < -0.4 is 0 Å². The van der Waals surface area contributed by atoms with Gasteiger partial charge in [0, 0.05) is 0 Å². The molecular weight excluding hydrogens is 170 g/mol. The molecule has 0 unspecified atom stereocenters. The molecule has 0 radical (unpaired) electrons. The average molecular weight is 187 g/mol. The lowest BCUT2D eigenvalue weighted by molar-refractivity contribution is -0.402. The van der Waals surface area contributed by atoms with Gasteiger partial charge in [0.05, 0.1) is 6.07 Å². The fourth-order valence-corrected chi connectivity index (χ4v) is 0.520. The van der Waals surface area contributed by atoms with Gasteiger partial charge < -0.3 is 4.42 Å². The maximum Gasteiger partial charge on any atom is 0.433 e. The summed E-state index contributed by atoms with van der Waals surface area (Å²) < 4.78 is 4.65. The molecule has 0 amide bonds. The molecule has 0 bridgehead atoms. The number of nitrogens with zero attached hydrogens (tertiary/aromatic N) is 1. The molecule has 1 heterocycles. The lowest BCUT2D eigenvalue weighted by Gasteiger charge is -1.79. The number of furan rings is 1. The van der Waals surface area contributed by atoms with Crippen molar-refractivity contribution in [3.63, 3.8) is 0 Å². The van der Waals surface area contributed by atoms with Crippen molar-refractivity contribution in [3.05, 3.63) is 28.0 Å². The van der Waals surface area contributed by atoms with Crippen LogP contribution in [0.15, 0.2) is 16.5 Å². The molecule has 1 aromatic heterocycles. The van der Waals surface area contributed by atoms with Gasteiger partial charge >= 0.3 is 5.88 Å². The van der Waals surface area contributed by atoms with E-state index in [-0.39, 0.29) is 5.88 Å². The van der Waals surface area contributed by atoms with Gasteiger partial charge in [0.2, 0.25) is 0 Å². The van der Waals surface area contributed by atoms with E-state index in [0.717, 1.165) is 0 Å². The SMILES string of the molecule is CC.CC.Cc1ccc([N+](=O)[O-])o1. The van der Waals surface area contributed by atoms with E-state index in [1.807, 2.05) is 27.7 Å². The fourth-order valence-electron chi connectivity index (χ4n) is 0.520. The van der Waals surface area contributed by atoms with Crippen molar-refractivity contribution in [2.45, 2.75) is 34.6 Å². The van der Waals surface area contributed by atoms with Crippen LogP contribution in [-0.4, -0.2) is 4.92 Å². The Morgan fingerprint density at radius 3 is 1.85 bits per heavy atom. The molecule has 0 N–H and O–H groups in total. The second-order valence-electron chi connectivity index (χ2n) is 1.64. The molecule has 0 aromatic carbocycles. The van der Waals surface area contributed by atoms with Crippen molar-refractivity contribution < 1.29 is 9.34 Å². The predicted molar refractivity (Wildman–Crippen MR) is 52.8 cm³/mol. The van der Waals surface area contributed by atoms with E-state index in [1.54, 1.807) is 13.0 Å². The highest BCUT2D eigenvalue weighted by Gasteiger charge is 2.07. The summed E-state index contributed by atoms with van der Waals surface area (Å²) in [5, 5.41) is 9.93. The molecule has 0 atom stereocenters. The molecule has 0 aliphatic rings. The van der Waals surface area contributed by atoms with E-state index in [0.29, 0.717) is 5.76 Å². The van der Waals surface area contributed by atoms with E-state index >= 15 is 0 Å². The summed E-state index contributed by atoms with van der Waals surface area (Å²) in [6.07, 6.45) is 0. The number of hydrogen-bond acceptors (Lipinski definition) is 3. The maximum absolute atomic E-state index is 9.93. The predicted octanol–water partition coefficient (Wildman–Crippen LogP) is 3.55. The Hall–Kier alpha value is -1.32. The first kappa shape index (κ1) is 14.2. The Labute approximate surface area is 78.7 Å². The van der Waals surface area contributed by atoms with Crippen molar-refractivity contribution in [2.75, 3.05) is 0 Å². The summed E-state index contributed by atoms with van der Waals surface area (Å²) in [5.41, 5.74) is 0. The van der Waals surface area contributed by atoms with Gasteiger partial charge in [0.1, 0.15) is 10.7 Å². The molecule has 4 nitrogen and oxygen atoms in total. The second-order valence-corrected chi connectivity index (χ2v) is 1.64. The highest BCUT2D eigenvalue weighted by Crippen LogP contribution is 2.13. The summed E-state index contributed by atoms with van der Waals surface area (Å²) in [7, 11) is 0. The molecule has 1 rings (SSSR count). The third kappa shape index (κ3) is 5.90. The van der Waals surface area contributed by atoms with Gasteiger partial charge in [-0.05, 0) is 13.0 Å². The lowest BCUT2D eigenvalue weighted by Crippen LogP contribution is -1.82. The number of rotatable bonds is 1. The van der Waals surface area contributed by atoms with Gasteiger partial charge in [-0.25, -0.2) is 0 Å². The van der Waals surface area contributed by atoms with Crippen molar-refractivity contribution in [1.82, 2.24) is 0 Å². The monoisotopic (exact) mass is 187 g/mol. The molecular formula is C9H17NO3. The quantitative estimate of drug-likeness (QED) is 0.499. The van der Waals surface area contributed by atoms with Gasteiger partial charge in [-0.3, -0.25) is 10.1 Å². The summed E-state index contributed by atoms with van der Waals surface area (Å²) in [6, 6.07) is 2.88. The van der Waals surface area contributed by atoms with Crippen LogP contribution in [0.4, 0.5) is 5.88 Å². The molecule has 0 spiro atoms. The van der Waals surface area contributed by atoms with Gasteiger partial charge in [-0.1, -0.05) is 27.7 Å². The molecule has 76 valence electrons. The summed E-state index contributed by atoms with van der Waals surface area (Å²) in [5.74, 6) is 0.356. The standard InChI is InChI=1S/C5H5NO3.2C2H6/c1-4-2-3-5(9-4)6(7)8;2*1-2/h2-3H,1H3;2*1-2H3. The Balaban J connectivity index is 0. The minimum atomic E-state index is -0.562. The van der Waals surface area contributed by atoms with Gasteiger partial charge in [-0.2, -0.15) is 0 Å². The van der Waals surface area contributed by atoms with Crippen molar-refractivity contribution >= 4 is 5.88 Å². The minimum Gasteiger partial charge on any atom is -0.406 e. The van der Waals surface area contributed by atoms with Crippen molar-refractivity contribution in [1.29, 1.82) is 0 Å². The lowest BCUT2D eigenvalue weighted by atomic mass is 10.5. The van der Waals surface area contributed by atoms with E-state index in [2.05, 4.69) is 4.42 Å². The van der Waals surface area contributed by atoms with Crippen LogP contribution in [0.2, 0.25) is 0 Å². The molecule has 0 fully saturated rings. The van der Waals surface area contributed by atoms with Gasteiger partial charge in [0.25, 0.3) is 0 Å². The second kappa shape index (κ2) is 8.77. The van der Waals surface area contributed by atoms with E-state index in [9.17, 15) is 10.1 Å². The normalized spacial score (nSPS) is 7.46. The van der Waals surface area contributed by atoms with Gasteiger partial charge in [-0.15, -0.1) is 0 Å². The number of hydrogen-bond donors (Lipinski definition) is 0. The summed E-state index contributed by atoms with van der Waals surface area (Å²) in [4.78, 5) is 9.36. The van der Waals surface area contributed by atoms with Gasteiger partial charge in [0.15, 0.2) is 0 Å². The zero-order valence-corrected chi connectivity index (χ0v) is 8.83. The maximum atomic E-state index is 9.93. The molecule has 0 saturated carbocycles. The molecule has 0 aliphatic carbocycles. The molecule has 13 heavy (non-hydrogen) atoms. The first-order valence-corrected chi connectivity index (χ1v) is 4.41. The van der Waals surface area contributed by atoms with Crippen LogP contribution in [0.5, 0.6) is 0 Å². The van der Waals surface area contributed by atoms with Crippen LogP contribution in [0.3, 0.4) is 0 Å². The summed E-state index contributed by atoms with van der Waals surface area (Å²) >= 11 is 0.